The zero-order valence-corrected chi connectivity index (χ0v) is 14.1. The van der Waals surface area contributed by atoms with Gasteiger partial charge in [0.05, 0.1) is 18.6 Å². The number of methoxy groups -OCH3 is 1. The molecule has 6 heteroatoms. The third kappa shape index (κ3) is 3.21. The lowest BCUT2D eigenvalue weighted by Crippen LogP contribution is -2.11. The fourth-order valence-electron chi connectivity index (χ4n) is 2.75. The number of aromatic hydroxyl groups is 2. The van der Waals surface area contributed by atoms with Gasteiger partial charge in [0.25, 0.3) is 0 Å². The molecular weight excluding hydrogens is 336 g/mol. The molecule has 1 aliphatic heterocycles. The Balaban J connectivity index is 2.01. The lowest BCUT2D eigenvalue weighted by atomic mass is 9.94. The highest BCUT2D eigenvalue weighted by molar-refractivity contribution is 5.79. The van der Waals surface area contributed by atoms with E-state index < -0.39 is 5.92 Å². The minimum atomic E-state index is -0.688. The van der Waals surface area contributed by atoms with Gasteiger partial charge in [0.2, 0.25) is 0 Å². The van der Waals surface area contributed by atoms with Gasteiger partial charge in [0.15, 0.2) is 11.5 Å². The zero-order chi connectivity index (χ0) is 18.7. The quantitative estimate of drug-likeness (QED) is 0.611. The number of phenols is 2. The van der Waals surface area contributed by atoms with Crippen molar-refractivity contribution in [3.8, 4) is 28.7 Å². The van der Waals surface area contributed by atoms with E-state index in [2.05, 4.69) is 6.58 Å². The van der Waals surface area contributed by atoms with Crippen molar-refractivity contribution in [2.45, 2.75) is 5.92 Å². The van der Waals surface area contributed by atoms with Crippen LogP contribution in [0.5, 0.6) is 28.7 Å². The lowest BCUT2D eigenvalue weighted by molar-refractivity contribution is -0.108. The molecule has 0 radical (unpaired) electrons. The van der Waals surface area contributed by atoms with Crippen molar-refractivity contribution < 1.29 is 29.2 Å². The summed E-state index contributed by atoms with van der Waals surface area (Å²) in [4.78, 5) is 11.6. The second-order valence-corrected chi connectivity index (χ2v) is 5.64. The maximum atomic E-state index is 11.6. The van der Waals surface area contributed by atoms with E-state index in [4.69, 9.17) is 14.2 Å². The second-order valence-electron chi connectivity index (χ2n) is 5.64. The maximum absolute atomic E-state index is 11.6. The number of allylic oxidation sites excluding steroid dienone is 1. The Labute approximate surface area is 150 Å². The molecule has 0 bridgehead atoms. The summed E-state index contributed by atoms with van der Waals surface area (Å²) in [5.74, 6) is 0.591. The molecule has 26 heavy (non-hydrogen) atoms. The van der Waals surface area contributed by atoms with E-state index >= 15 is 0 Å². The molecule has 1 heterocycles. The van der Waals surface area contributed by atoms with Crippen molar-refractivity contribution in [3.63, 3.8) is 0 Å². The maximum Gasteiger partial charge on any atom is 0.160 e. The molecule has 0 fully saturated rings. The molecule has 2 N–H and O–H groups in total. The van der Waals surface area contributed by atoms with Gasteiger partial charge < -0.3 is 29.2 Å². The molecular formula is C20H18O6. The van der Waals surface area contributed by atoms with Crippen molar-refractivity contribution in [2.24, 2.45) is 0 Å². The molecule has 3 rings (SSSR count). The minimum Gasteiger partial charge on any atom is -0.507 e. The van der Waals surface area contributed by atoms with Gasteiger partial charge >= 0.3 is 0 Å². The highest BCUT2D eigenvalue weighted by atomic mass is 16.5. The molecule has 0 spiro atoms. The van der Waals surface area contributed by atoms with Crippen LogP contribution >= 0.6 is 0 Å². The molecule has 0 aromatic heterocycles. The third-order valence-electron chi connectivity index (χ3n) is 3.96. The summed E-state index contributed by atoms with van der Waals surface area (Å²) in [6, 6.07) is 7.82. The highest BCUT2D eigenvalue weighted by Gasteiger charge is 2.27. The zero-order valence-electron chi connectivity index (χ0n) is 14.1. The molecule has 1 atom stereocenters. The normalized spacial score (nSPS) is 15.3. The van der Waals surface area contributed by atoms with Gasteiger partial charge in [-0.3, -0.25) is 0 Å². The lowest BCUT2D eigenvalue weighted by Gasteiger charge is -2.24. The van der Waals surface area contributed by atoms with Crippen molar-refractivity contribution in [1.29, 1.82) is 0 Å². The topological polar surface area (TPSA) is 85.2 Å². The average molecular weight is 354 g/mol. The van der Waals surface area contributed by atoms with Crippen LogP contribution in [-0.2, 0) is 4.79 Å². The third-order valence-corrected chi connectivity index (χ3v) is 3.96. The fourth-order valence-corrected chi connectivity index (χ4v) is 2.75. The van der Waals surface area contributed by atoms with Gasteiger partial charge in [0, 0.05) is 17.7 Å². The van der Waals surface area contributed by atoms with Gasteiger partial charge in [-0.05, 0) is 24.3 Å². The van der Waals surface area contributed by atoms with Crippen molar-refractivity contribution in [3.05, 3.63) is 60.2 Å². The molecule has 1 unspecified atom stereocenters. The van der Waals surface area contributed by atoms with Crippen LogP contribution in [0.2, 0.25) is 0 Å². The van der Waals surface area contributed by atoms with Gasteiger partial charge in [-0.1, -0.05) is 12.7 Å². The molecule has 6 nitrogen and oxygen atoms in total. The van der Waals surface area contributed by atoms with Crippen LogP contribution in [0.4, 0.5) is 0 Å². The predicted octanol–water partition coefficient (Wildman–Crippen LogP) is 3.39. The van der Waals surface area contributed by atoms with E-state index in [1.807, 2.05) is 0 Å². The van der Waals surface area contributed by atoms with Crippen LogP contribution in [0, 0.1) is 0 Å². The molecule has 0 saturated heterocycles. The van der Waals surface area contributed by atoms with Crippen LogP contribution in [0.15, 0.2) is 49.1 Å². The Kier molecular flexibility index (Phi) is 4.84. The van der Waals surface area contributed by atoms with Crippen LogP contribution in [-0.4, -0.2) is 30.2 Å². The van der Waals surface area contributed by atoms with Gasteiger partial charge in [-0.2, -0.15) is 0 Å². The molecule has 134 valence electrons. The fraction of sp³-hybridized carbons (Fsp3) is 0.150. The first kappa shape index (κ1) is 17.4. The number of hydrogen-bond donors (Lipinski definition) is 2. The summed E-state index contributed by atoms with van der Waals surface area (Å²) in [6.07, 6.45) is 3.88. The molecule has 0 aliphatic carbocycles. The first-order chi connectivity index (χ1) is 12.6. The van der Waals surface area contributed by atoms with E-state index in [1.54, 1.807) is 30.4 Å². The van der Waals surface area contributed by atoms with E-state index in [1.165, 1.54) is 19.2 Å². The molecule has 0 amide bonds. The minimum absolute atomic E-state index is 0.0473. The monoisotopic (exact) mass is 354 g/mol. The summed E-state index contributed by atoms with van der Waals surface area (Å²) in [7, 11) is 1.46. The Morgan fingerprint density at radius 1 is 1.23 bits per heavy atom. The highest BCUT2D eigenvalue weighted by Crippen LogP contribution is 2.44. The van der Waals surface area contributed by atoms with Gasteiger partial charge in [-0.25, -0.2) is 0 Å². The van der Waals surface area contributed by atoms with Crippen LogP contribution in [0.1, 0.15) is 17.0 Å². The Morgan fingerprint density at radius 3 is 2.69 bits per heavy atom. The first-order valence-electron chi connectivity index (χ1n) is 7.90. The Morgan fingerprint density at radius 2 is 2.04 bits per heavy atom. The number of hydrogen-bond acceptors (Lipinski definition) is 6. The number of aldehydes is 1. The SMILES string of the molecule is C=CCOc1cc(O)c2c(c1)OC(c1ccc(OC)c(O)c1)=CC2C=O. The summed E-state index contributed by atoms with van der Waals surface area (Å²) in [5, 5.41) is 20.3. The number of rotatable bonds is 6. The van der Waals surface area contributed by atoms with Gasteiger partial charge in [0.1, 0.15) is 35.9 Å². The van der Waals surface area contributed by atoms with Crippen LogP contribution < -0.4 is 14.2 Å². The predicted molar refractivity (Wildman–Crippen MR) is 95.9 cm³/mol. The summed E-state index contributed by atoms with van der Waals surface area (Å²) in [5.41, 5.74) is 0.935. The van der Waals surface area contributed by atoms with Crippen LogP contribution in [0.25, 0.3) is 5.76 Å². The standard InChI is InChI=1S/C20H18O6/c1-3-6-25-14-9-16(23)20-13(11-21)8-18(26-19(20)10-14)12-4-5-17(24-2)15(22)7-12/h3-5,7-11,13,22-23H,1,6H2,2H3. The van der Waals surface area contributed by atoms with Crippen LogP contribution in [0.3, 0.4) is 0 Å². The molecule has 2 aromatic carbocycles. The number of fused-ring (bicyclic) bond motifs is 1. The van der Waals surface area contributed by atoms with Crippen molar-refractivity contribution in [2.75, 3.05) is 13.7 Å². The first-order valence-corrected chi connectivity index (χ1v) is 7.90. The average Bonchev–Trinajstić information content (AvgIpc) is 2.65. The summed E-state index contributed by atoms with van der Waals surface area (Å²) >= 11 is 0. The Hall–Kier alpha value is -3.41. The molecule has 2 aromatic rings. The van der Waals surface area contributed by atoms with E-state index in [9.17, 15) is 15.0 Å². The van der Waals surface area contributed by atoms with E-state index in [0.29, 0.717) is 40.4 Å². The molecule has 1 aliphatic rings. The van der Waals surface area contributed by atoms with Crippen molar-refractivity contribution >= 4 is 12.0 Å². The second kappa shape index (κ2) is 7.23. The smallest absolute Gasteiger partial charge is 0.160 e. The van der Waals surface area contributed by atoms with Gasteiger partial charge in [-0.15, -0.1) is 0 Å². The Bertz CT molecular complexity index is 884. The number of carbonyl (C=O) groups is 1. The number of phenolic OH excluding ortho intramolecular Hbond substituents is 2. The number of carbonyl (C=O) groups excluding carboxylic acids is 1. The van der Waals surface area contributed by atoms with E-state index in [0.717, 1.165) is 0 Å². The molecule has 0 saturated carbocycles. The summed E-state index contributed by atoms with van der Waals surface area (Å²) < 4.78 is 16.3. The van der Waals surface area contributed by atoms with E-state index in [-0.39, 0.29) is 18.1 Å². The van der Waals surface area contributed by atoms with Crippen molar-refractivity contribution in [1.82, 2.24) is 0 Å². The number of ether oxygens (including phenoxy) is 3. The summed E-state index contributed by atoms with van der Waals surface area (Å²) in [6.45, 7) is 3.85. The largest absolute Gasteiger partial charge is 0.507 e. The number of benzene rings is 2.